The van der Waals surface area contributed by atoms with Crippen LogP contribution in [0.25, 0.3) is 37.8 Å². The summed E-state index contributed by atoms with van der Waals surface area (Å²) in [6, 6.07) is 1.86. The van der Waals surface area contributed by atoms with Crippen molar-refractivity contribution in [1.29, 1.82) is 5.26 Å². The summed E-state index contributed by atoms with van der Waals surface area (Å²) in [6.45, 7) is 9.17. The van der Waals surface area contributed by atoms with Gasteiger partial charge in [0, 0.05) is 30.5 Å². The summed E-state index contributed by atoms with van der Waals surface area (Å²) in [5.41, 5.74) is 4.58. The van der Waals surface area contributed by atoms with Gasteiger partial charge in [0.1, 0.15) is 28.2 Å². The topological polar surface area (TPSA) is 95.0 Å². The predicted molar refractivity (Wildman–Crippen MR) is 136 cm³/mol. The van der Waals surface area contributed by atoms with E-state index in [1.807, 2.05) is 31.9 Å². The van der Waals surface area contributed by atoms with Gasteiger partial charge >= 0.3 is 6.08 Å². The van der Waals surface area contributed by atoms with Gasteiger partial charge in [0.05, 0.1) is 39.3 Å². The van der Waals surface area contributed by atoms with E-state index in [-0.39, 0.29) is 55.7 Å². The summed E-state index contributed by atoms with van der Waals surface area (Å²) in [5, 5.41) is 9.48. The second-order valence-corrected chi connectivity index (χ2v) is 9.54. The van der Waals surface area contributed by atoms with E-state index in [1.165, 1.54) is 0 Å². The molecule has 1 fully saturated rings. The molecule has 4 aromatic rings. The first kappa shape index (κ1) is 24.9. The van der Waals surface area contributed by atoms with Crippen molar-refractivity contribution in [2.24, 2.45) is 0 Å². The van der Waals surface area contributed by atoms with Crippen molar-refractivity contribution in [2.75, 3.05) is 30.8 Å². The van der Waals surface area contributed by atoms with Gasteiger partial charge < -0.3 is 10.6 Å². The zero-order valence-electron chi connectivity index (χ0n) is 20.2. The number of nitrogens with zero attached hydrogens (tertiary/aromatic N) is 6. The summed E-state index contributed by atoms with van der Waals surface area (Å²) in [5.74, 6) is -2.92. The molecule has 0 saturated carbocycles. The molecule has 5 heterocycles. The molecular weight excluding hydrogens is 506 g/mol. The molecule has 2 aliphatic heterocycles. The van der Waals surface area contributed by atoms with Crippen LogP contribution in [0.1, 0.15) is 31.4 Å². The highest BCUT2D eigenvalue weighted by Gasteiger charge is 2.39. The van der Waals surface area contributed by atoms with E-state index in [2.05, 4.69) is 21.5 Å². The molecule has 0 aliphatic carbocycles. The highest BCUT2D eigenvalue weighted by molar-refractivity contribution is 7.23. The number of nitrogen functional groups attached to an aromatic ring is 1. The van der Waals surface area contributed by atoms with Crippen molar-refractivity contribution < 1.29 is 17.6 Å². The average molecular weight is 528 g/mol. The standard InChI is InChI=1S/C23H15F4N7S.C2H6/c1-8-5-11-33(2)3-4-34(11)22-14-12(8)16(25)15(17(26)19(14)31-23(27)32-22)18-13-9(6-28)21(29)35-20(13)10(24)7-30-18;1-2/h7,11H,1,3-5,29H2,2H3;1-2H3/t11-;/m1./s1. The van der Waals surface area contributed by atoms with Crippen molar-refractivity contribution >= 4 is 48.7 Å². The number of nitrogens with two attached hydrogens (primary N) is 1. The van der Waals surface area contributed by atoms with Gasteiger partial charge in [-0.1, -0.05) is 20.4 Å². The van der Waals surface area contributed by atoms with Crippen molar-refractivity contribution in [3.63, 3.8) is 0 Å². The molecule has 0 amide bonds. The third kappa shape index (κ3) is 3.45. The number of nitriles is 1. The van der Waals surface area contributed by atoms with Crippen molar-refractivity contribution in [3.05, 3.63) is 47.4 Å². The zero-order chi connectivity index (χ0) is 26.8. The number of hydrogen-bond acceptors (Lipinski definition) is 8. The van der Waals surface area contributed by atoms with Gasteiger partial charge in [0.25, 0.3) is 0 Å². The van der Waals surface area contributed by atoms with Crippen LogP contribution in [0.2, 0.25) is 0 Å². The normalized spacial score (nSPS) is 17.0. The molecule has 1 aromatic carbocycles. The fourth-order valence-corrected chi connectivity index (χ4v) is 5.95. The second-order valence-electron chi connectivity index (χ2n) is 8.49. The summed E-state index contributed by atoms with van der Waals surface area (Å²) >= 11 is 0.775. The van der Waals surface area contributed by atoms with Crippen LogP contribution in [-0.4, -0.2) is 46.2 Å². The summed E-state index contributed by atoms with van der Waals surface area (Å²) in [6.07, 6.45) is -0.366. The Hall–Kier alpha value is -3.82. The Morgan fingerprint density at radius 1 is 1.11 bits per heavy atom. The number of anilines is 2. The molecule has 3 aromatic heterocycles. The quantitative estimate of drug-likeness (QED) is 0.260. The molecule has 2 N–H and O–H groups in total. The van der Waals surface area contributed by atoms with Gasteiger partial charge in [0.2, 0.25) is 0 Å². The Balaban J connectivity index is 0.00000137. The predicted octanol–water partition coefficient (Wildman–Crippen LogP) is 5.44. The summed E-state index contributed by atoms with van der Waals surface area (Å²) < 4.78 is 61.4. The number of benzene rings is 1. The monoisotopic (exact) mass is 527 g/mol. The van der Waals surface area contributed by atoms with Crippen LogP contribution in [0.4, 0.5) is 28.4 Å². The van der Waals surface area contributed by atoms with Gasteiger partial charge in [-0.15, -0.1) is 11.3 Å². The SMILES string of the molecule is C=C1C[C@@H]2N(C)CCN2c2nc(F)nc3c(F)c(-c4ncc(F)c5sc(N)c(C#N)c45)c(F)c1c23.CC. The Morgan fingerprint density at radius 2 is 1.84 bits per heavy atom. The maximum Gasteiger partial charge on any atom is 0.311 e. The van der Waals surface area contributed by atoms with E-state index >= 15 is 8.78 Å². The number of halogens is 4. The number of pyridine rings is 1. The van der Waals surface area contributed by atoms with Crippen molar-refractivity contribution in [2.45, 2.75) is 26.4 Å². The largest absolute Gasteiger partial charge is 0.389 e. The molecule has 37 heavy (non-hydrogen) atoms. The maximum absolute atomic E-state index is 16.3. The van der Waals surface area contributed by atoms with Gasteiger partial charge in [0.15, 0.2) is 11.6 Å². The van der Waals surface area contributed by atoms with E-state index < -0.39 is 34.6 Å². The number of aromatic nitrogens is 3. The first-order chi connectivity index (χ1) is 17.7. The van der Waals surface area contributed by atoms with E-state index in [0.717, 1.165) is 17.5 Å². The van der Waals surface area contributed by atoms with Gasteiger partial charge in [-0.2, -0.15) is 19.6 Å². The van der Waals surface area contributed by atoms with Gasteiger partial charge in [-0.3, -0.25) is 9.88 Å². The lowest BCUT2D eigenvalue weighted by Gasteiger charge is -2.27. The van der Waals surface area contributed by atoms with Crippen molar-refractivity contribution in [3.8, 4) is 17.3 Å². The van der Waals surface area contributed by atoms with Crippen LogP contribution in [0, 0.1) is 34.9 Å². The first-order valence-electron chi connectivity index (χ1n) is 11.5. The Morgan fingerprint density at radius 3 is 2.54 bits per heavy atom. The van der Waals surface area contributed by atoms with Gasteiger partial charge in [-0.25, -0.2) is 13.2 Å². The van der Waals surface area contributed by atoms with Crippen LogP contribution in [0.5, 0.6) is 0 Å². The Kier molecular flexibility index (Phi) is 6.00. The van der Waals surface area contributed by atoms with Crippen LogP contribution in [0.15, 0.2) is 12.8 Å². The fraction of sp³-hybridized carbons (Fsp3) is 0.280. The molecule has 0 radical (unpaired) electrons. The summed E-state index contributed by atoms with van der Waals surface area (Å²) in [4.78, 5) is 15.3. The van der Waals surface area contributed by atoms with Crippen LogP contribution >= 0.6 is 11.3 Å². The van der Waals surface area contributed by atoms with E-state index in [4.69, 9.17) is 5.73 Å². The van der Waals surface area contributed by atoms with Crippen LogP contribution in [0.3, 0.4) is 0 Å². The lowest BCUT2D eigenvalue weighted by Crippen LogP contribution is -2.36. The lowest BCUT2D eigenvalue weighted by atomic mass is 9.93. The second kappa shape index (κ2) is 8.93. The molecule has 2 aliphatic rings. The average Bonchev–Trinajstić information content (AvgIpc) is 3.37. The minimum absolute atomic E-state index is 0.0108. The molecule has 1 atom stereocenters. The lowest BCUT2D eigenvalue weighted by molar-refractivity contribution is 0.316. The first-order valence-corrected chi connectivity index (χ1v) is 12.3. The van der Waals surface area contributed by atoms with Gasteiger partial charge in [-0.05, 0) is 12.6 Å². The number of rotatable bonds is 1. The molecule has 6 rings (SSSR count). The van der Waals surface area contributed by atoms with Crippen molar-refractivity contribution in [1.82, 2.24) is 19.9 Å². The third-order valence-electron chi connectivity index (χ3n) is 6.64. The highest BCUT2D eigenvalue weighted by atomic mass is 32.1. The molecule has 0 bridgehead atoms. The Bertz CT molecular complexity index is 1660. The number of hydrogen-bond donors (Lipinski definition) is 1. The van der Waals surface area contributed by atoms with E-state index in [9.17, 15) is 14.0 Å². The fourth-order valence-electron chi connectivity index (χ4n) is 5.03. The van der Waals surface area contributed by atoms with Crippen LogP contribution < -0.4 is 10.6 Å². The highest BCUT2D eigenvalue weighted by Crippen LogP contribution is 2.47. The van der Waals surface area contributed by atoms with E-state index in [1.54, 1.807) is 4.90 Å². The number of likely N-dealkylation sites (N-methyl/N-ethyl adjacent to an activating group) is 1. The number of fused-ring (bicyclic) bond motifs is 3. The Labute approximate surface area is 213 Å². The van der Waals surface area contributed by atoms with E-state index in [0.29, 0.717) is 18.7 Å². The summed E-state index contributed by atoms with van der Waals surface area (Å²) in [7, 11) is 1.87. The molecule has 0 unspecified atom stereocenters. The maximum atomic E-state index is 16.3. The molecular formula is C25H21F4N7S. The minimum Gasteiger partial charge on any atom is -0.389 e. The molecule has 0 spiro atoms. The molecule has 190 valence electrons. The van der Waals surface area contributed by atoms with Crippen LogP contribution in [-0.2, 0) is 0 Å². The molecule has 12 heteroatoms. The number of thiophene rings is 1. The smallest absolute Gasteiger partial charge is 0.311 e. The third-order valence-corrected chi connectivity index (χ3v) is 7.67. The molecule has 1 saturated heterocycles. The molecule has 7 nitrogen and oxygen atoms in total. The zero-order valence-corrected chi connectivity index (χ0v) is 21.0. The minimum atomic E-state index is -1.20.